The summed E-state index contributed by atoms with van der Waals surface area (Å²) in [4.78, 5) is 30.4. The quantitative estimate of drug-likeness (QED) is 0.447. The molecule has 8 nitrogen and oxygen atoms in total. The topological polar surface area (TPSA) is 71.0 Å². The Morgan fingerprint density at radius 3 is 2.57 bits per heavy atom. The molecule has 8 heteroatoms. The summed E-state index contributed by atoms with van der Waals surface area (Å²) < 4.78 is 12.3. The molecule has 0 N–H and O–H groups in total. The lowest BCUT2D eigenvalue weighted by molar-refractivity contribution is 0.0175. The van der Waals surface area contributed by atoms with Gasteiger partial charge in [-0.3, -0.25) is 14.7 Å². The van der Waals surface area contributed by atoms with Crippen LogP contribution in [0.3, 0.4) is 0 Å². The van der Waals surface area contributed by atoms with Gasteiger partial charge in [0, 0.05) is 31.2 Å². The van der Waals surface area contributed by atoms with Crippen LogP contribution >= 0.6 is 0 Å². The zero-order valence-electron chi connectivity index (χ0n) is 25.5. The fraction of sp³-hybridized carbons (Fsp3) is 0.618. The average molecular weight is 572 g/mol. The van der Waals surface area contributed by atoms with Gasteiger partial charge in [0.25, 0.3) is 0 Å². The molecule has 6 heterocycles. The van der Waals surface area contributed by atoms with Crippen LogP contribution in [0.4, 0.5) is 4.79 Å². The Kier molecular flexibility index (Phi) is 7.25. The van der Waals surface area contributed by atoms with Crippen LogP contribution in [0.1, 0.15) is 88.2 Å². The van der Waals surface area contributed by atoms with E-state index in [9.17, 15) is 4.79 Å². The molecule has 0 radical (unpaired) electrons. The number of hydrogen-bond acceptors (Lipinski definition) is 7. The third-order valence-corrected chi connectivity index (χ3v) is 9.96. The van der Waals surface area contributed by atoms with Gasteiger partial charge in [0.1, 0.15) is 12.2 Å². The van der Waals surface area contributed by atoms with Crippen molar-refractivity contribution in [3.63, 3.8) is 0 Å². The lowest BCUT2D eigenvalue weighted by atomic mass is 9.92. The van der Waals surface area contributed by atoms with Gasteiger partial charge in [-0.1, -0.05) is 36.4 Å². The number of amides is 1. The second-order valence-electron chi connectivity index (χ2n) is 14.0. The van der Waals surface area contributed by atoms with E-state index in [0.29, 0.717) is 12.6 Å². The molecule has 5 aliphatic heterocycles. The van der Waals surface area contributed by atoms with Crippen molar-refractivity contribution in [2.75, 3.05) is 26.2 Å². The lowest BCUT2D eigenvalue weighted by Crippen LogP contribution is -2.45. The number of rotatable bonds is 6. The highest BCUT2D eigenvalue weighted by Crippen LogP contribution is 2.42. The number of carbonyl (C=O) groups is 1. The Hall–Kier alpha value is -2.97. The number of fused-ring (bicyclic) bond motifs is 4. The zero-order chi connectivity index (χ0) is 28.9. The van der Waals surface area contributed by atoms with Gasteiger partial charge < -0.3 is 9.47 Å². The van der Waals surface area contributed by atoms with Gasteiger partial charge >= 0.3 is 12.1 Å². The Morgan fingerprint density at radius 2 is 1.83 bits per heavy atom. The Balaban J connectivity index is 1.18. The molecule has 0 spiro atoms. The first-order valence-corrected chi connectivity index (χ1v) is 16.0. The van der Waals surface area contributed by atoms with Gasteiger partial charge in [-0.15, -0.1) is 0 Å². The maximum atomic E-state index is 13.1. The highest BCUT2D eigenvalue weighted by atomic mass is 16.6. The van der Waals surface area contributed by atoms with Gasteiger partial charge in [-0.25, -0.2) is 4.79 Å². The lowest BCUT2D eigenvalue weighted by Gasteiger charge is -2.36. The predicted octanol–water partition coefficient (Wildman–Crippen LogP) is 5.60. The summed E-state index contributed by atoms with van der Waals surface area (Å²) in [5.41, 5.74) is 5.60. The molecule has 2 aromatic rings. The summed E-state index contributed by atoms with van der Waals surface area (Å²) in [5.74, 6) is 0. The van der Waals surface area contributed by atoms with Crippen LogP contribution < -0.4 is 4.74 Å². The number of aromatic nitrogens is 2. The van der Waals surface area contributed by atoms with Gasteiger partial charge in [0.15, 0.2) is 0 Å². The number of nitrogens with zero attached hydrogens (tertiary/aromatic N) is 5. The highest BCUT2D eigenvalue weighted by molar-refractivity contribution is 5.75. The summed E-state index contributed by atoms with van der Waals surface area (Å²) in [5, 5.41) is 0. The van der Waals surface area contributed by atoms with Crippen molar-refractivity contribution in [3.05, 3.63) is 58.9 Å². The highest BCUT2D eigenvalue weighted by Gasteiger charge is 2.45. The molecule has 1 aromatic heterocycles. The molecule has 2 atom stereocenters. The van der Waals surface area contributed by atoms with Crippen molar-refractivity contribution in [2.24, 2.45) is 0 Å². The minimum atomic E-state index is -0.502. The number of ether oxygens (including phenoxy) is 2. The van der Waals surface area contributed by atoms with E-state index in [-0.39, 0.29) is 23.7 Å². The van der Waals surface area contributed by atoms with Crippen molar-refractivity contribution < 1.29 is 14.3 Å². The van der Waals surface area contributed by atoms with E-state index in [4.69, 9.17) is 19.4 Å². The molecule has 1 amide bonds. The first kappa shape index (κ1) is 27.8. The first-order valence-electron chi connectivity index (χ1n) is 16.0. The maximum absolute atomic E-state index is 13.1. The summed E-state index contributed by atoms with van der Waals surface area (Å²) in [7, 11) is 0. The molecule has 3 fully saturated rings. The summed E-state index contributed by atoms with van der Waals surface area (Å²) in [6.07, 6.45) is 10.6. The van der Waals surface area contributed by atoms with Crippen molar-refractivity contribution >= 4 is 11.7 Å². The Morgan fingerprint density at radius 1 is 1.05 bits per heavy atom. The van der Waals surface area contributed by atoms with Gasteiger partial charge in [-0.05, 0) is 96.4 Å². The number of benzene rings is 1. The fourth-order valence-electron chi connectivity index (χ4n) is 8.03. The summed E-state index contributed by atoms with van der Waals surface area (Å²) >= 11 is 0. The van der Waals surface area contributed by atoms with E-state index < -0.39 is 5.60 Å². The van der Waals surface area contributed by atoms with E-state index >= 15 is 0 Å². The fourth-order valence-corrected chi connectivity index (χ4v) is 8.03. The van der Waals surface area contributed by atoms with Crippen molar-refractivity contribution in [1.29, 1.82) is 0 Å². The molecule has 2 bridgehead atoms. The van der Waals surface area contributed by atoms with Crippen LogP contribution in [0, 0.1) is 0 Å². The molecule has 0 saturated carbocycles. The van der Waals surface area contributed by atoms with Crippen LogP contribution in [0.25, 0.3) is 5.57 Å². The van der Waals surface area contributed by atoms with E-state index in [0.717, 1.165) is 56.7 Å². The summed E-state index contributed by atoms with van der Waals surface area (Å²) in [6, 6.07) is 11.4. The summed E-state index contributed by atoms with van der Waals surface area (Å²) in [6.45, 7) is 11.5. The SMILES string of the molecule is CC(C)(C)OC(=O)N1C2C=C(c3nc(OCC45CCCN4CCC5)nc4c3CCN(Cc3ccccc3)C4)CC1CC2. The second kappa shape index (κ2) is 10.9. The molecule has 224 valence electrons. The van der Waals surface area contributed by atoms with Crippen LogP contribution in [-0.2, 0) is 24.2 Å². The van der Waals surface area contributed by atoms with Gasteiger partial charge in [-0.2, -0.15) is 9.97 Å². The van der Waals surface area contributed by atoms with Crippen molar-refractivity contribution in [2.45, 2.75) is 108 Å². The molecular formula is C34H45N5O3. The van der Waals surface area contributed by atoms with Crippen molar-refractivity contribution in [1.82, 2.24) is 24.7 Å². The molecule has 2 unspecified atom stereocenters. The average Bonchev–Trinajstić information content (AvgIpc) is 3.61. The second-order valence-corrected chi connectivity index (χ2v) is 14.0. The molecule has 0 aliphatic carbocycles. The minimum Gasteiger partial charge on any atom is -0.461 e. The third kappa shape index (κ3) is 5.44. The largest absolute Gasteiger partial charge is 0.461 e. The first-order chi connectivity index (χ1) is 20.3. The van der Waals surface area contributed by atoms with Gasteiger partial charge in [0.05, 0.1) is 23.0 Å². The molecule has 42 heavy (non-hydrogen) atoms. The van der Waals surface area contributed by atoms with Crippen LogP contribution in [0.2, 0.25) is 0 Å². The molecule has 3 saturated heterocycles. The molecular weight excluding hydrogens is 526 g/mol. The van der Waals surface area contributed by atoms with E-state index in [1.807, 2.05) is 25.7 Å². The van der Waals surface area contributed by atoms with Crippen molar-refractivity contribution in [3.8, 4) is 6.01 Å². The predicted molar refractivity (Wildman–Crippen MR) is 162 cm³/mol. The number of hydrogen-bond donors (Lipinski definition) is 0. The van der Waals surface area contributed by atoms with E-state index in [2.05, 4.69) is 46.2 Å². The number of carbonyl (C=O) groups excluding carboxylic acids is 1. The maximum Gasteiger partial charge on any atom is 0.411 e. The molecule has 1 aromatic carbocycles. The van der Waals surface area contributed by atoms with E-state index in [1.165, 1.54) is 55.5 Å². The minimum absolute atomic E-state index is 0.0474. The smallest absolute Gasteiger partial charge is 0.411 e. The van der Waals surface area contributed by atoms with E-state index in [1.54, 1.807) is 0 Å². The van der Waals surface area contributed by atoms with Crippen LogP contribution in [0.5, 0.6) is 6.01 Å². The normalized spacial score (nSPS) is 25.2. The standard InChI is InChI=1S/C34H45N5O3/c1-33(2,3)42-32(40)39-26-11-12-27(39)20-25(19-26)30-28-13-18-37(21-24-9-5-4-6-10-24)22-29(28)35-31(36-30)41-23-34-14-7-16-38(34)17-8-15-34/h4-6,9-10,19,26-27H,7-8,11-18,20-23H2,1-3H3. The van der Waals surface area contributed by atoms with Crippen LogP contribution in [0.15, 0.2) is 36.4 Å². The zero-order valence-corrected chi connectivity index (χ0v) is 25.5. The monoisotopic (exact) mass is 571 g/mol. The van der Waals surface area contributed by atoms with Gasteiger partial charge in [0.2, 0.25) is 0 Å². The van der Waals surface area contributed by atoms with Crippen LogP contribution in [-0.4, -0.2) is 80.2 Å². The Bertz CT molecular complexity index is 1340. The Labute approximate surface area is 250 Å². The molecule has 7 rings (SSSR count). The molecule has 5 aliphatic rings. The third-order valence-electron chi connectivity index (χ3n) is 9.96.